The van der Waals surface area contributed by atoms with Crippen LogP contribution in [0, 0.1) is 0 Å². The molecule has 1 saturated heterocycles. The van der Waals surface area contributed by atoms with E-state index in [1.165, 1.54) is 10.5 Å². The van der Waals surface area contributed by atoms with Gasteiger partial charge in [-0.2, -0.15) is 9.40 Å². The molecule has 1 aliphatic heterocycles. The Morgan fingerprint density at radius 1 is 1.38 bits per heavy atom. The lowest BCUT2D eigenvalue weighted by Gasteiger charge is -2.31. The van der Waals surface area contributed by atoms with Gasteiger partial charge in [-0.25, -0.2) is 8.42 Å². The van der Waals surface area contributed by atoms with Crippen LogP contribution in [0.2, 0.25) is 0 Å². The Kier molecular flexibility index (Phi) is 4.10. The third-order valence-electron chi connectivity index (χ3n) is 3.66. The lowest BCUT2D eigenvalue weighted by Crippen LogP contribution is -2.39. The number of aromatic nitrogens is 3. The first-order valence-corrected chi connectivity index (χ1v) is 8.90. The van der Waals surface area contributed by atoms with Crippen LogP contribution >= 0.6 is 15.9 Å². The van der Waals surface area contributed by atoms with Crippen molar-refractivity contribution in [1.29, 1.82) is 0 Å². The number of nitrogens with zero attached hydrogens (tertiary/aromatic N) is 3. The molecule has 6 nitrogen and oxygen atoms in total. The normalized spacial score (nSPS) is 20.5. The third-order valence-corrected chi connectivity index (χ3v) is 5.93. The van der Waals surface area contributed by atoms with E-state index in [1.807, 2.05) is 6.07 Å². The van der Waals surface area contributed by atoms with E-state index >= 15 is 0 Å². The van der Waals surface area contributed by atoms with Crippen molar-refractivity contribution in [2.24, 2.45) is 0 Å². The van der Waals surface area contributed by atoms with Crippen LogP contribution in [0.4, 0.5) is 0 Å². The quantitative estimate of drug-likeness (QED) is 0.897. The molecule has 2 aromatic rings. The molecule has 0 amide bonds. The van der Waals surface area contributed by atoms with Crippen LogP contribution in [0.3, 0.4) is 0 Å². The minimum absolute atomic E-state index is 0.163. The van der Waals surface area contributed by atoms with Gasteiger partial charge in [0.25, 0.3) is 0 Å². The summed E-state index contributed by atoms with van der Waals surface area (Å²) in [6.07, 6.45) is 6.46. The molecule has 8 heteroatoms. The van der Waals surface area contributed by atoms with Crippen molar-refractivity contribution in [2.45, 2.75) is 23.7 Å². The monoisotopic (exact) mass is 370 g/mol. The van der Waals surface area contributed by atoms with E-state index in [0.717, 1.165) is 18.5 Å². The molecule has 0 radical (unpaired) electrons. The van der Waals surface area contributed by atoms with Crippen LogP contribution < -0.4 is 0 Å². The number of rotatable bonds is 3. The molecule has 0 aliphatic carbocycles. The van der Waals surface area contributed by atoms with Gasteiger partial charge in [0.2, 0.25) is 10.0 Å². The first-order chi connectivity index (χ1) is 10.1. The topological polar surface area (TPSA) is 79.0 Å². The molecule has 21 heavy (non-hydrogen) atoms. The molecule has 1 N–H and O–H groups in total. The molecule has 0 saturated carbocycles. The van der Waals surface area contributed by atoms with Gasteiger partial charge in [0.15, 0.2) is 0 Å². The van der Waals surface area contributed by atoms with E-state index in [4.69, 9.17) is 0 Å². The summed E-state index contributed by atoms with van der Waals surface area (Å²) in [4.78, 5) is 4.17. The fourth-order valence-corrected chi connectivity index (χ4v) is 4.62. The van der Waals surface area contributed by atoms with E-state index in [-0.39, 0.29) is 10.8 Å². The van der Waals surface area contributed by atoms with Gasteiger partial charge in [-0.1, -0.05) is 0 Å². The molecule has 3 rings (SSSR count). The van der Waals surface area contributed by atoms with Crippen molar-refractivity contribution >= 4 is 26.0 Å². The Morgan fingerprint density at radius 3 is 2.95 bits per heavy atom. The molecule has 1 unspecified atom stereocenters. The van der Waals surface area contributed by atoms with Gasteiger partial charge >= 0.3 is 0 Å². The number of H-pyrrole nitrogens is 1. The molecule has 0 spiro atoms. The summed E-state index contributed by atoms with van der Waals surface area (Å²) in [5, 5.41) is 6.88. The van der Waals surface area contributed by atoms with E-state index in [9.17, 15) is 8.42 Å². The van der Waals surface area contributed by atoms with Crippen LogP contribution in [0.25, 0.3) is 0 Å². The fourth-order valence-electron chi connectivity index (χ4n) is 2.59. The molecule has 0 bridgehead atoms. The van der Waals surface area contributed by atoms with Gasteiger partial charge in [-0.05, 0) is 40.9 Å². The van der Waals surface area contributed by atoms with Crippen molar-refractivity contribution in [3.05, 3.63) is 40.9 Å². The van der Waals surface area contributed by atoms with Crippen molar-refractivity contribution in [1.82, 2.24) is 19.5 Å². The van der Waals surface area contributed by atoms with E-state index in [1.54, 1.807) is 18.5 Å². The fraction of sp³-hybridized carbons (Fsp3) is 0.385. The van der Waals surface area contributed by atoms with Crippen LogP contribution in [-0.2, 0) is 10.0 Å². The minimum Gasteiger partial charge on any atom is -0.282 e. The average molecular weight is 371 g/mol. The van der Waals surface area contributed by atoms with Crippen molar-refractivity contribution in [3.63, 3.8) is 0 Å². The molecule has 1 fully saturated rings. The SMILES string of the molecule is O=S(=O)(c1cncc(Br)c1)N1CCCC(c2ccn[nH]2)C1. The second kappa shape index (κ2) is 5.86. The molecular weight excluding hydrogens is 356 g/mol. The van der Waals surface area contributed by atoms with Crippen LogP contribution in [0.1, 0.15) is 24.5 Å². The van der Waals surface area contributed by atoms with Crippen molar-refractivity contribution in [3.8, 4) is 0 Å². The number of hydrogen-bond donors (Lipinski definition) is 1. The zero-order valence-corrected chi connectivity index (χ0v) is 13.6. The van der Waals surface area contributed by atoms with Gasteiger partial charge < -0.3 is 0 Å². The zero-order chi connectivity index (χ0) is 14.9. The van der Waals surface area contributed by atoms with Gasteiger partial charge in [0.1, 0.15) is 4.90 Å². The van der Waals surface area contributed by atoms with Crippen molar-refractivity contribution < 1.29 is 8.42 Å². The Balaban J connectivity index is 1.85. The number of pyridine rings is 1. The highest BCUT2D eigenvalue weighted by Crippen LogP contribution is 2.29. The van der Waals surface area contributed by atoms with Gasteiger partial charge in [-0.15, -0.1) is 0 Å². The summed E-state index contributed by atoms with van der Waals surface area (Å²) < 4.78 is 27.6. The number of hydrogen-bond acceptors (Lipinski definition) is 4. The zero-order valence-electron chi connectivity index (χ0n) is 11.2. The lowest BCUT2D eigenvalue weighted by molar-refractivity contribution is 0.312. The summed E-state index contributed by atoms with van der Waals surface area (Å²) in [6, 6.07) is 3.49. The molecule has 1 aliphatic rings. The highest BCUT2D eigenvalue weighted by Gasteiger charge is 2.31. The van der Waals surface area contributed by atoms with E-state index in [2.05, 4.69) is 31.1 Å². The Bertz CT molecular complexity index is 718. The van der Waals surface area contributed by atoms with Gasteiger partial charge in [-0.3, -0.25) is 10.1 Å². The minimum atomic E-state index is -3.50. The summed E-state index contributed by atoms with van der Waals surface area (Å²) in [5.74, 6) is 0.163. The highest BCUT2D eigenvalue weighted by atomic mass is 79.9. The number of sulfonamides is 1. The Morgan fingerprint density at radius 2 is 2.24 bits per heavy atom. The standard InChI is InChI=1S/C13H15BrN4O2S/c14-11-6-12(8-15-7-11)21(19,20)18-5-1-2-10(9-18)13-3-4-16-17-13/h3-4,6-8,10H,1-2,5,9H2,(H,16,17). The predicted molar refractivity (Wildman–Crippen MR) is 81.3 cm³/mol. The maximum absolute atomic E-state index is 12.7. The number of piperidine rings is 1. The summed E-state index contributed by atoms with van der Waals surface area (Å²) in [5.41, 5.74) is 0.988. The first-order valence-electron chi connectivity index (χ1n) is 6.67. The third kappa shape index (κ3) is 3.02. The predicted octanol–water partition coefficient (Wildman–Crippen LogP) is 2.14. The molecular formula is C13H15BrN4O2S. The maximum Gasteiger partial charge on any atom is 0.244 e. The Hall–Kier alpha value is -1.25. The van der Waals surface area contributed by atoms with E-state index in [0.29, 0.717) is 17.6 Å². The first kappa shape index (κ1) is 14.7. The van der Waals surface area contributed by atoms with Gasteiger partial charge in [0.05, 0.1) is 0 Å². The van der Waals surface area contributed by atoms with Crippen molar-refractivity contribution in [2.75, 3.05) is 13.1 Å². The average Bonchev–Trinajstić information content (AvgIpc) is 3.02. The largest absolute Gasteiger partial charge is 0.282 e. The van der Waals surface area contributed by atoms with Crippen LogP contribution in [0.15, 0.2) is 40.1 Å². The number of aromatic amines is 1. The second-order valence-electron chi connectivity index (χ2n) is 5.05. The summed E-state index contributed by atoms with van der Waals surface area (Å²) in [7, 11) is -3.50. The summed E-state index contributed by atoms with van der Waals surface area (Å²) in [6.45, 7) is 1.01. The number of halogens is 1. The molecule has 3 heterocycles. The smallest absolute Gasteiger partial charge is 0.244 e. The number of nitrogens with one attached hydrogen (secondary N) is 1. The molecule has 1 atom stereocenters. The molecule has 112 valence electrons. The van der Waals surface area contributed by atoms with Crippen LogP contribution in [-0.4, -0.2) is 41.0 Å². The molecule has 2 aromatic heterocycles. The Labute approximate surface area is 131 Å². The highest BCUT2D eigenvalue weighted by molar-refractivity contribution is 9.10. The van der Waals surface area contributed by atoms with E-state index < -0.39 is 10.0 Å². The second-order valence-corrected chi connectivity index (χ2v) is 7.91. The van der Waals surface area contributed by atoms with Crippen LogP contribution in [0.5, 0.6) is 0 Å². The maximum atomic E-state index is 12.7. The summed E-state index contributed by atoms with van der Waals surface area (Å²) >= 11 is 3.26. The van der Waals surface area contributed by atoms with Gasteiger partial charge in [0, 0.05) is 47.8 Å². The lowest BCUT2D eigenvalue weighted by atomic mass is 9.96. The molecule has 0 aromatic carbocycles.